The zero-order valence-electron chi connectivity index (χ0n) is 64.0. The van der Waals surface area contributed by atoms with Crippen LogP contribution < -0.4 is 39.4 Å². The predicted octanol–water partition coefficient (Wildman–Crippen LogP) is 13.6. The van der Waals surface area contributed by atoms with Crippen LogP contribution in [0.2, 0.25) is 0 Å². The molecule has 8 aliphatic rings. The number of fused-ring (bicyclic) bond motifs is 4. The molecule has 5 heterocycles. The van der Waals surface area contributed by atoms with E-state index < -0.39 is 18.0 Å². The number of amides is 4. The molecule has 0 aromatic heterocycles. The van der Waals surface area contributed by atoms with Crippen molar-refractivity contribution < 1.29 is 62.7 Å². The van der Waals surface area contributed by atoms with Crippen LogP contribution in [0.25, 0.3) is 0 Å². The number of benzene rings is 8. The molecule has 4 N–H and O–H groups in total. The molecule has 0 radical (unpaired) electrons. The number of halogens is 1. The van der Waals surface area contributed by atoms with Gasteiger partial charge < -0.3 is 58.9 Å². The first kappa shape index (κ1) is 79.5. The van der Waals surface area contributed by atoms with Gasteiger partial charge in [-0.25, -0.2) is 0 Å². The second-order valence-corrected chi connectivity index (χ2v) is 30.3. The van der Waals surface area contributed by atoms with Crippen LogP contribution in [0, 0.1) is 0 Å². The van der Waals surface area contributed by atoms with Gasteiger partial charge in [0.2, 0.25) is 11.8 Å². The maximum Gasteiger partial charge on any atom is 0.255 e. The van der Waals surface area contributed by atoms with Crippen molar-refractivity contribution >= 4 is 65.3 Å². The number of ketones is 2. The maximum absolute atomic E-state index is 13.3. The summed E-state index contributed by atoms with van der Waals surface area (Å²) in [5, 5.41) is 25.8. The Morgan fingerprint density at radius 3 is 1.47 bits per heavy atom. The van der Waals surface area contributed by atoms with E-state index in [1.54, 1.807) is 30.1 Å². The highest BCUT2D eigenvalue weighted by Gasteiger charge is 2.44. The van der Waals surface area contributed by atoms with E-state index in [1.165, 1.54) is 44.5 Å². The highest BCUT2D eigenvalue weighted by atomic mass is 35.5. The van der Waals surface area contributed by atoms with E-state index in [2.05, 4.69) is 135 Å². The highest BCUT2D eigenvalue weighted by molar-refractivity contribution is 6.08. The lowest BCUT2D eigenvalue weighted by molar-refractivity contribution is -0.137. The number of piperazine rings is 2. The third kappa shape index (κ3) is 18.0. The van der Waals surface area contributed by atoms with Crippen molar-refractivity contribution in [1.82, 2.24) is 25.3 Å². The number of nitrogens with one attached hydrogen (secondary N) is 2. The molecular weight excluding hydrogens is 1430 g/mol. The minimum Gasteiger partial charge on any atom is -0.508 e. The highest BCUT2D eigenvalue weighted by Crippen LogP contribution is 2.50. The summed E-state index contributed by atoms with van der Waals surface area (Å²) in [6, 6.07) is 56.7. The Labute approximate surface area is 662 Å². The van der Waals surface area contributed by atoms with Gasteiger partial charge in [0.15, 0.2) is 5.78 Å². The molecule has 4 amide bonds. The fraction of sp³-hybridized carbons (Fsp3) is 0.396. The number of nitrogens with zero attached hydrogens (tertiary/aromatic N) is 5. The first-order chi connectivity index (χ1) is 54.2. The van der Waals surface area contributed by atoms with Crippen molar-refractivity contribution in [2.75, 3.05) is 96.1 Å². The van der Waals surface area contributed by atoms with Crippen LogP contribution in [-0.4, -0.2) is 165 Å². The number of aldehydes is 1. The zero-order valence-corrected chi connectivity index (χ0v) is 64.9. The normalized spacial score (nSPS) is 20.7. The molecule has 586 valence electrons. The minimum atomic E-state index is -0.611. The Morgan fingerprint density at radius 1 is 0.491 bits per heavy atom. The molecule has 3 saturated heterocycles. The predicted molar refractivity (Wildman–Crippen MR) is 433 cm³/mol. The van der Waals surface area contributed by atoms with Crippen LogP contribution in [0.5, 0.6) is 34.5 Å². The summed E-state index contributed by atoms with van der Waals surface area (Å²) in [5.74, 6) is 3.89. The number of aryl methyl sites for hydroxylation is 2. The Balaban J connectivity index is 0.000000162. The number of unbranched alkanes of at least 4 members (excludes halogenated alkanes) is 4. The van der Waals surface area contributed by atoms with Gasteiger partial charge in [-0.2, -0.15) is 0 Å². The Morgan fingerprint density at radius 2 is 0.982 bits per heavy atom. The zero-order chi connectivity index (χ0) is 76.9. The third-order valence-electron chi connectivity index (χ3n) is 23.6. The first-order valence-electron chi connectivity index (χ1n) is 39.7. The number of Topliss-reactive ketones (excluding diaryl/α,β-unsaturated/α-hetero) is 2. The van der Waals surface area contributed by atoms with Gasteiger partial charge in [0, 0.05) is 106 Å². The summed E-state index contributed by atoms with van der Waals surface area (Å²) in [7, 11) is 3.26. The van der Waals surface area contributed by atoms with Gasteiger partial charge >= 0.3 is 0 Å². The Hall–Kier alpha value is -10.5. The number of piperidine rings is 1. The molecule has 112 heavy (non-hydrogen) atoms. The number of carbonyl (C=O) groups excluding carboxylic acids is 7. The van der Waals surface area contributed by atoms with E-state index in [0.717, 1.165) is 157 Å². The minimum absolute atomic E-state index is 0. The van der Waals surface area contributed by atoms with Crippen molar-refractivity contribution in [2.45, 2.75) is 145 Å². The molecule has 6 atom stereocenters. The van der Waals surface area contributed by atoms with E-state index in [0.29, 0.717) is 97.9 Å². The summed E-state index contributed by atoms with van der Waals surface area (Å²) < 4.78 is 23.6. The van der Waals surface area contributed by atoms with E-state index in [1.807, 2.05) is 54.6 Å². The standard InChI is InChI=1S/C46H51N3O6.C27H28O3.C18H22N4O4.ClH/c1-54-45-40-30-49(41-20-14-35(51)29-43(41)52)46(53)39(40)19-21-42(45)48-25-23-47(24-26-48)22-6-3-7-27-55-36-15-10-32(11-16-36)44-37(31-8-4-2-5-9-31)17-12-33-28-34(50)13-18-38(33)44;28-17-5-2-6-18-30-24-13-9-21(10-14-24)27-25(20-7-3-1-4-8-20)15-11-22-19-23(29)12-16-26(22)27;1-26-16-12-10-22(14-4-5-15(23)20-17(14)24)18(25)11(12)2-3-13(16)21-8-6-19-7-9-21;/h2,4-5,8-11,13,15-16,18-19,21,28,37,41,44,50H,3,6-7,12,14,17,20,22-27,29-30H2,1H3;1,3-4,7-10,12-14,16-17,19,25,27,29H,2,5-6,11,15,18H2;2-3,14,19H,4-10H2,1H3,(H,20,23,24);1H/t37-,41?,44+;25-,27+;;/m11../s1. The smallest absolute Gasteiger partial charge is 0.255 e. The fourth-order valence-corrected chi connectivity index (χ4v) is 17.9. The van der Waals surface area contributed by atoms with Crippen LogP contribution in [0.1, 0.15) is 183 Å². The van der Waals surface area contributed by atoms with Gasteiger partial charge in [0.1, 0.15) is 52.6 Å². The second-order valence-electron chi connectivity index (χ2n) is 30.3. The molecule has 8 aromatic rings. The summed E-state index contributed by atoms with van der Waals surface area (Å²) in [6.45, 7) is 10.2. The number of imide groups is 1. The van der Waals surface area contributed by atoms with Crippen LogP contribution in [0.4, 0.5) is 11.4 Å². The Bertz CT molecular complexity index is 4650. The number of rotatable bonds is 23. The second kappa shape index (κ2) is 37.2. The molecule has 16 rings (SSSR count). The van der Waals surface area contributed by atoms with Crippen molar-refractivity contribution in [2.24, 2.45) is 0 Å². The Kier molecular flexibility index (Phi) is 26.4. The number of aromatic hydroxyl groups is 2. The molecule has 5 aliphatic heterocycles. The molecule has 20 nitrogen and oxygen atoms in total. The molecule has 21 heteroatoms. The number of hydrogen-bond acceptors (Lipinski definition) is 17. The monoisotopic (exact) mass is 1540 g/mol. The lowest BCUT2D eigenvalue weighted by Gasteiger charge is -2.37. The van der Waals surface area contributed by atoms with E-state index in [4.69, 9.17) is 18.9 Å². The van der Waals surface area contributed by atoms with Crippen LogP contribution >= 0.6 is 12.4 Å². The van der Waals surface area contributed by atoms with Crippen molar-refractivity contribution in [3.63, 3.8) is 0 Å². The topological polar surface area (TPSA) is 237 Å². The molecule has 8 aromatic carbocycles. The van der Waals surface area contributed by atoms with Crippen LogP contribution in [-0.2, 0) is 49.9 Å². The molecule has 0 spiro atoms. The molecule has 2 unspecified atom stereocenters. The van der Waals surface area contributed by atoms with Crippen molar-refractivity contribution in [1.29, 1.82) is 0 Å². The average molecular weight is 1540 g/mol. The largest absolute Gasteiger partial charge is 0.508 e. The van der Waals surface area contributed by atoms with Gasteiger partial charge in [-0.1, -0.05) is 97.1 Å². The number of methoxy groups -OCH3 is 2. The third-order valence-corrected chi connectivity index (χ3v) is 23.6. The summed E-state index contributed by atoms with van der Waals surface area (Å²) in [4.78, 5) is 94.9. The number of carbonyl (C=O) groups is 7. The number of anilines is 2. The number of ether oxygens (including phenoxy) is 4. The molecule has 3 aliphatic carbocycles. The number of hydrogen-bond donors (Lipinski definition) is 4. The lowest BCUT2D eigenvalue weighted by atomic mass is 9.69. The molecule has 4 fully saturated rings. The number of phenolic OH excluding ortho intramolecular Hbond substituents is 2. The molecular formula is C91H102ClN7O13. The van der Waals surface area contributed by atoms with Gasteiger partial charge in [-0.15, -0.1) is 12.4 Å². The summed E-state index contributed by atoms with van der Waals surface area (Å²) in [6.07, 6.45) is 11.8. The SMILES string of the molecule is COc1c(N2CCN(CCCCCOc3ccc([C@@H]4c5ccc(O)cc5CC[C@@H]4c4ccccc4)cc3)CC2)ccc2c1CN(C1CCC(=O)CC1=O)C2=O.COc1c(N2CCNCC2)ccc2c1CN(C1CCC(=O)NC1=O)C2=O.Cl.O=CCCCCOc1ccc([C@@H]2c3ccc(O)cc3CC[C@@H]2c2ccccc2)cc1. The van der Waals surface area contributed by atoms with E-state index >= 15 is 0 Å². The molecule has 0 bridgehead atoms. The average Bonchev–Trinajstić information content (AvgIpc) is 1.73. The van der Waals surface area contributed by atoms with E-state index in [-0.39, 0.29) is 66.4 Å². The molecule has 1 saturated carbocycles. The number of phenols is 2. The quantitative estimate of drug-likeness (QED) is 0.0202. The van der Waals surface area contributed by atoms with Crippen LogP contribution in [0.3, 0.4) is 0 Å². The van der Waals surface area contributed by atoms with Gasteiger partial charge in [0.05, 0.1) is 64.4 Å². The van der Waals surface area contributed by atoms with Crippen molar-refractivity contribution in [3.05, 3.63) is 237 Å². The fourth-order valence-electron chi connectivity index (χ4n) is 17.9. The van der Waals surface area contributed by atoms with Crippen LogP contribution in [0.15, 0.2) is 170 Å². The summed E-state index contributed by atoms with van der Waals surface area (Å²) >= 11 is 0. The maximum atomic E-state index is 13.3. The lowest BCUT2D eigenvalue weighted by Crippen LogP contribution is -2.52. The van der Waals surface area contributed by atoms with E-state index in [9.17, 15) is 43.8 Å². The first-order valence-corrected chi connectivity index (χ1v) is 39.7. The summed E-state index contributed by atoms with van der Waals surface area (Å²) in [5.41, 5.74) is 15.1. The van der Waals surface area contributed by atoms with Gasteiger partial charge in [-0.3, -0.25) is 39.0 Å². The van der Waals surface area contributed by atoms with Gasteiger partial charge in [0.25, 0.3) is 11.8 Å². The van der Waals surface area contributed by atoms with Crippen molar-refractivity contribution in [3.8, 4) is 34.5 Å². The van der Waals surface area contributed by atoms with Gasteiger partial charge in [-0.05, 0) is 206 Å².